The molecule has 1 heterocycles. The van der Waals surface area contributed by atoms with Crippen LogP contribution >= 0.6 is 0 Å². The third-order valence-electron chi connectivity index (χ3n) is 3.43. The van der Waals surface area contributed by atoms with Crippen molar-refractivity contribution < 1.29 is 9.53 Å². The van der Waals surface area contributed by atoms with E-state index in [0.29, 0.717) is 12.5 Å². The zero-order valence-corrected chi connectivity index (χ0v) is 10.8. The Balaban J connectivity index is 2.09. The molecule has 0 N–H and O–H groups in total. The van der Waals surface area contributed by atoms with Gasteiger partial charge in [-0.2, -0.15) is 0 Å². The van der Waals surface area contributed by atoms with Crippen molar-refractivity contribution >= 4 is 5.78 Å². The lowest BCUT2D eigenvalue weighted by atomic mass is 9.93. The smallest absolute Gasteiger partial charge is 0.168 e. The second kappa shape index (κ2) is 5.01. The van der Waals surface area contributed by atoms with Crippen molar-refractivity contribution in [1.82, 2.24) is 0 Å². The number of rotatable bonds is 3. The van der Waals surface area contributed by atoms with Crippen molar-refractivity contribution in [2.24, 2.45) is 5.92 Å². The lowest BCUT2D eigenvalue weighted by Gasteiger charge is -2.09. The molecule has 0 saturated carbocycles. The van der Waals surface area contributed by atoms with Crippen LogP contribution in [0, 0.1) is 5.92 Å². The van der Waals surface area contributed by atoms with Crippen molar-refractivity contribution in [3.05, 3.63) is 35.4 Å². The molecule has 0 spiro atoms. The molecule has 2 rings (SSSR count). The number of benzene rings is 1. The Bertz CT molecular complexity index is 392. The minimum atomic E-state index is 0.0508. The second-order valence-corrected chi connectivity index (χ2v) is 5.22. The molecule has 2 nitrogen and oxygen atoms in total. The molecule has 1 aliphatic heterocycles. The lowest BCUT2D eigenvalue weighted by Crippen LogP contribution is -2.14. The Kier molecular flexibility index (Phi) is 3.63. The van der Waals surface area contributed by atoms with Crippen LogP contribution in [0.5, 0.6) is 0 Å². The Hall–Kier alpha value is -1.15. The maximum Gasteiger partial charge on any atom is 0.168 e. The van der Waals surface area contributed by atoms with Gasteiger partial charge in [-0.25, -0.2) is 0 Å². The van der Waals surface area contributed by atoms with Gasteiger partial charge in [0, 0.05) is 11.5 Å². The number of hydrogen-bond acceptors (Lipinski definition) is 2. The highest BCUT2D eigenvalue weighted by Crippen LogP contribution is 2.24. The van der Waals surface area contributed by atoms with E-state index in [4.69, 9.17) is 4.74 Å². The fraction of sp³-hybridized carbons (Fsp3) is 0.533. The van der Waals surface area contributed by atoms with Gasteiger partial charge in [-0.3, -0.25) is 4.79 Å². The first kappa shape index (κ1) is 12.3. The maximum absolute atomic E-state index is 12.2. The van der Waals surface area contributed by atoms with Crippen molar-refractivity contribution in [3.8, 4) is 0 Å². The highest BCUT2D eigenvalue weighted by molar-refractivity contribution is 5.98. The van der Waals surface area contributed by atoms with Gasteiger partial charge in [0.05, 0.1) is 12.7 Å². The number of hydrogen-bond donors (Lipinski definition) is 0. The minimum Gasteiger partial charge on any atom is -0.378 e. The molecule has 0 radical (unpaired) electrons. The molecule has 2 atom stereocenters. The van der Waals surface area contributed by atoms with Gasteiger partial charge in [-0.05, 0) is 24.8 Å². The Morgan fingerprint density at radius 3 is 2.41 bits per heavy atom. The molecule has 92 valence electrons. The van der Waals surface area contributed by atoms with Crippen molar-refractivity contribution in [3.63, 3.8) is 0 Å². The van der Waals surface area contributed by atoms with Crippen LogP contribution in [0.1, 0.15) is 49.0 Å². The van der Waals surface area contributed by atoms with E-state index >= 15 is 0 Å². The van der Waals surface area contributed by atoms with E-state index in [1.165, 1.54) is 5.56 Å². The van der Waals surface area contributed by atoms with Crippen molar-refractivity contribution in [1.29, 1.82) is 0 Å². The zero-order valence-electron chi connectivity index (χ0n) is 10.8. The molecule has 0 aliphatic carbocycles. The first-order valence-corrected chi connectivity index (χ1v) is 6.33. The summed E-state index contributed by atoms with van der Waals surface area (Å²) in [6.45, 7) is 6.91. The standard InChI is InChI=1S/C15H20O2/c1-10(2)12-4-6-13(7-5-12)15(16)14-8-11(3)17-9-14/h4-7,10-11,14H,8-9H2,1-3H3. The number of carbonyl (C=O) groups excluding carboxylic acids is 1. The third-order valence-corrected chi connectivity index (χ3v) is 3.43. The van der Waals surface area contributed by atoms with Gasteiger partial charge in [-0.1, -0.05) is 38.1 Å². The molecule has 2 heteroatoms. The van der Waals surface area contributed by atoms with Gasteiger partial charge in [0.2, 0.25) is 0 Å². The second-order valence-electron chi connectivity index (χ2n) is 5.22. The summed E-state index contributed by atoms with van der Waals surface area (Å²) >= 11 is 0. The molecule has 17 heavy (non-hydrogen) atoms. The van der Waals surface area contributed by atoms with Crippen LogP contribution in [0.2, 0.25) is 0 Å². The molecular weight excluding hydrogens is 212 g/mol. The number of carbonyl (C=O) groups is 1. The summed E-state index contributed by atoms with van der Waals surface area (Å²) in [5.41, 5.74) is 2.09. The fourth-order valence-electron chi connectivity index (χ4n) is 2.27. The molecule has 1 saturated heterocycles. The summed E-state index contributed by atoms with van der Waals surface area (Å²) in [7, 11) is 0. The van der Waals surface area contributed by atoms with Crippen LogP contribution in [-0.4, -0.2) is 18.5 Å². The van der Waals surface area contributed by atoms with E-state index in [2.05, 4.69) is 26.0 Å². The molecule has 0 aromatic heterocycles. The van der Waals surface area contributed by atoms with E-state index in [0.717, 1.165) is 12.0 Å². The van der Waals surface area contributed by atoms with Crippen LogP contribution in [0.4, 0.5) is 0 Å². The van der Waals surface area contributed by atoms with E-state index < -0.39 is 0 Å². The van der Waals surface area contributed by atoms with Gasteiger partial charge in [-0.15, -0.1) is 0 Å². The molecule has 1 aromatic rings. The number of Topliss-reactive ketones (excluding diaryl/α,β-unsaturated/α-hetero) is 1. The predicted octanol–water partition coefficient (Wildman–Crippen LogP) is 3.42. The summed E-state index contributed by atoms with van der Waals surface area (Å²) < 4.78 is 5.45. The predicted molar refractivity (Wildman–Crippen MR) is 68.4 cm³/mol. The fourth-order valence-corrected chi connectivity index (χ4v) is 2.27. The zero-order chi connectivity index (χ0) is 12.4. The average Bonchev–Trinajstić information content (AvgIpc) is 2.75. The molecular formula is C15H20O2. The normalized spacial score (nSPS) is 24.2. The number of ketones is 1. The van der Waals surface area contributed by atoms with Gasteiger partial charge in [0.1, 0.15) is 0 Å². The molecule has 1 aliphatic rings. The minimum absolute atomic E-state index is 0.0508. The Morgan fingerprint density at radius 2 is 1.94 bits per heavy atom. The average molecular weight is 232 g/mol. The van der Waals surface area contributed by atoms with E-state index in [9.17, 15) is 4.79 Å². The topological polar surface area (TPSA) is 26.3 Å². The van der Waals surface area contributed by atoms with Gasteiger partial charge in [0.15, 0.2) is 5.78 Å². The molecule has 0 amide bonds. The van der Waals surface area contributed by atoms with Crippen molar-refractivity contribution in [2.45, 2.75) is 39.2 Å². The Morgan fingerprint density at radius 1 is 1.29 bits per heavy atom. The molecule has 0 bridgehead atoms. The van der Waals surface area contributed by atoms with Gasteiger partial charge in [0.25, 0.3) is 0 Å². The highest BCUT2D eigenvalue weighted by atomic mass is 16.5. The van der Waals surface area contributed by atoms with Crippen LogP contribution in [0.3, 0.4) is 0 Å². The quantitative estimate of drug-likeness (QED) is 0.746. The van der Waals surface area contributed by atoms with Crippen LogP contribution in [0.15, 0.2) is 24.3 Å². The summed E-state index contributed by atoms with van der Waals surface area (Å²) in [5, 5.41) is 0. The Labute approximate surface area is 103 Å². The number of ether oxygens (including phenoxy) is 1. The van der Waals surface area contributed by atoms with Gasteiger partial charge >= 0.3 is 0 Å². The highest BCUT2D eigenvalue weighted by Gasteiger charge is 2.28. The van der Waals surface area contributed by atoms with Crippen LogP contribution in [-0.2, 0) is 4.74 Å². The van der Waals surface area contributed by atoms with E-state index in [1.807, 2.05) is 19.1 Å². The lowest BCUT2D eigenvalue weighted by molar-refractivity contribution is 0.0877. The summed E-state index contributed by atoms with van der Waals surface area (Å²) in [6, 6.07) is 8.00. The SMILES string of the molecule is CC1CC(C(=O)c2ccc(C(C)C)cc2)CO1. The summed E-state index contributed by atoms with van der Waals surface area (Å²) in [6.07, 6.45) is 1.07. The summed E-state index contributed by atoms with van der Waals surface area (Å²) in [4.78, 5) is 12.2. The van der Waals surface area contributed by atoms with Crippen LogP contribution < -0.4 is 0 Å². The van der Waals surface area contributed by atoms with E-state index in [-0.39, 0.29) is 17.8 Å². The summed E-state index contributed by atoms with van der Waals surface area (Å²) in [5.74, 6) is 0.786. The first-order chi connectivity index (χ1) is 8.08. The largest absolute Gasteiger partial charge is 0.378 e. The van der Waals surface area contributed by atoms with Crippen LogP contribution in [0.25, 0.3) is 0 Å². The monoisotopic (exact) mass is 232 g/mol. The third kappa shape index (κ3) is 2.75. The molecule has 2 unspecified atom stereocenters. The van der Waals surface area contributed by atoms with Crippen molar-refractivity contribution in [2.75, 3.05) is 6.61 Å². The van der Waals surface area contributed by atoms with Gasteiger partial charge < -0.3 is 4.74 Å². The molecule has 1 fully saturated rings. The first-order valence-electron chi connectivity index (χ1n) is 6.33. The molecule has 1 aromatic carbocycles. The van der Waals surface area contributed by atoms with E-state index in [1.54, 1.807) is 0 Å². The maximum atomic E-state index is 12.2.